The average Bonchev–Trinajstić information content (AvgIpc) is 2.53. The van der Waals surface area contributed by atoms with Crippen LogP contribution in [0.1, 0.15) is 25.7 Å². The summed E-state index contributed by atoms with van der Waals surface area (Å²) in [6.07, 6.45) is 3.46. The summed E-state index contributed by atoms with van der Waals surface area (Å²) in [6.45, 7) is 0.680. The second kappa shape index (κ2) is 7.88. The molecule has 0 aromatic heterocycles. The fourth-order valence-corrected chi connectivity index (χ4v) is 2.48. The second-order valence-electron chi connectivity index (χ2n) is 5.44. The molecule has 2 N–H and O–H groups in total. The molecule has 1 aliphatic carbocycles. The van der Waals surface area contributed by atoms with E-state index in [1.807, 2.05) is 0 Å². The molecule has 1 aromatic rings. The van der Waals surface area contributed by atoms with Crippen LogP contribution in [0.5, 0.6) is 11.5 Å². The Morgan fingerprint density at radius 1 is 1.19 bits per heavy atom. The van der Waals surface area contributed by atoms with E-state index in [9.17, 15) is 9.90 Å². The number of carbonyl (C=O) groups is 1. The number of hydrogen-bond donors (Lipinski definition) is 2. The fraction of sp³-hybridized carbons (Fsp3) is 0.562. The molecule has 2 rings (SSSR count). The predicted molar refractivity (Wildman–Crippen MR) is 79.5 cm³/mol. The van der Waals surface area contributed by atoms with Crippen molar-refractivity contribution in [2.45, 2.75) is 31.8 Å². The summed E-state index contributed by atoms with van der Waals surface area (Å²) in [7, 11) is 1.60. The number of carbonyl (C=O) groups excluding carboxylic acids is 1. The van der Waals surface area contributed by atoms with Crippen LogP contribution in [0.3, 0.4) is 0 Å². The number of amides is 1. The van der Waals surface area contributed by atoms with Crippen LogP contribution in [0.4, 0.5) is 0 Å². The van der Waals surface area contributed by atoms with Gasteiger partial charge in [0.15, 0.2) is 6.61 Å². The molecule has 0 heterocycles. The van der Waals surface area contributed by atoms with Gasteiger partial charge < -0.3 is 19.9 Å². The van der Waals surface area contributed by atoms with Crippen molar-refractivity contribution in [2.75, 3.05) is 20.3 Å². The molecule has 21 heavy (non-hydrogen) atoms. The molecular weight excluding hydrogens is 270 g/mol. The molecule has 116 valence electrons. The van der Waals surface area contributed by atoms with Gasteiger partial charge in [0.2, 0.25) is 0 Å². The molecule has 1 amide bonds. The Balaban J connectivity index is 1.65. The zero-order chi connectivity index (χ0) is 15.1. The summed E-state index contributed by atoms with van der Waals surface area (Å²) in [5.41, 5.74) is 0. The first-order valence-electron chi connectivity index (χ1n) is 7.39. The summed E-state index contributed by atoms with van der Waals surface area (Å²) in [6, 6.07) is 7.13. The molecule has 1 aliphatic rings. The SMILES string of the molecule is COc1ccc(OCC(=O)NCC2CCC(O)CC2)cc1. The van der Waals surface area contributed by atoms with Crippen LogP contribution in [0, 0.1) is 5.92 Å². The zero-order valence-corrected chi connectivity index (χ0v) is 12.4. The lowest BCUT2D eigenvalue weighted by atomic mass is 9.87. The van der Waals surface area contributed by atoms with Gasteiger partial charge >= 0.3 is 0 Å². The van der Waals surface area contributed by atoms with Crippen molar-refractivity contribution in [3.8, 4) is 11.5 Å². The highest BCUT2D eigenvalue weighted by Gasteiger charge is 2.19. The fourth-order valence-electron chi connectivity index (χ4n) is 2.48. The van der Waals surface area contributed by atoms with Crippen LogP contribution in [0.25, 0.3) is 0 Å². The highest BCUT2D eigenvalue weighted by molar-refractivity contribution is 5.77. The van der Waals surface area contributed by atoms with Crippen LogP contribution in [0.15, 0.2) is 24.3 Å². The van der Waals surface area contributed by atoms with Crippen LogP contribution in [0.2, 0.25) is 0 Å². The third kappa shape index (κ3) is 5.27. The monoisotopic (exact) mass is 293 g/mol. The minimum absolute atomic E-state index is 0.0155. The average molecular weight is 293 g/mol. The van der Waals surface area contributed by atoms with E-state index in [1.54, 1.807) is 31.4 Å². The second-order valence-corrected chi connectivity index (χ2v) is 5.44. The standard InChI is InChI=1S/C16H23NO4/c1-20-14-6-8-15(9-7-14)21-11-16(19)17-10-12-2-4-13(18)5-3-12/h6-9,12-13,18H,2-5,10-11H2,1H3,(H,17,19). The molecule has 1 saturated carbocycles. The zero-order valence-electron chi connectivity index (χ0n) is 12.4. The first kappa shape index (κ1) is 15.6. The third-order valence-electron chi connectivity index (χ3n) is 3.83. The van der Waals surface area contributed by atoms with Crippen LogP contribution < -0.4 is 14.8 Å². The van der Waals surface area contributed by atoms with Crippen molar-refractivity contribution < 1.29 is 19.4 Å². The summed E-state index contributed by atoms with van der Waals surface area (Å²) in [5.74, 6) is 1.76. The molecule has 0 radical (unpaired) electrons. The van der Waals surface area contributed by atoms with E-state index in [0.29, 0.717) is 18.2 Å². The van der Waals surface area contributed by atoms with E-state index in [4.69, 9.17) is 9.47 Å². The van der Waals surface area contributed by atoms with E-state index in [-0.39, 0.29) is 18.6 Å². The summed E-state index contributed by atoms with van der Waals surface area (Å²) in [4.78, 5) is 11.7. The van der Waals surface area contributed by atoms with Crippen LogP contribution in [-0.4, -0.2) is 37.4 Å². The van der Waals surface area contributed by atoms with Gasteiger partial charge in [0.25, 0.3) is 5.91 Å². The molecule has 0 bridgehead atoms. The largest absolute Gasteiger partial charge is 0.497 e. The van der Waals surface area contributed by atoms with Crippen molar-refractivity contribution in [1.29, 1.82) is 0 Å². The summed E-state index contributed by atoms with van der Waals surface area (Å²) < 4.78 is 10.5. The van der Waals surface area contributed by atoms with E-state index >= 15 is 0 Å². The summed E-state index contributed by atoms with van der Waals surface area (Å²) >= 11 is 0. The Morgan fingerprint density at radius 2 is 1.81 bits per heavy atom. The lowest BCUT2D eigenvalue weighted by Gasteiger charge is -2.25. The smallest absolute Gasteiger partial charge is 0.257 e. The first-order valence-corrected chi connectivity index (χ1v) is 7.39. The van der Waals surface area contributed by atoms with Gasteiger partial charge in [-0.05, 0) is 55.9 Å². The molecule has 0 atom stereocenters. The van der Waals surface area contributed by atoms with Crippen LogP contribution in [-0.2, 0) is 4.79 Å². The minimum Gasteiger partial charge on any atom is -0.497 e. The van der Waals surface area contributed by atoms with Crippen LogP contribution >= 0.6 is 0 Å². The summed E-state index contributed by atoms with van der Waals surface area (Å²) in [5, 5.41) is 12.3. The molecular formula is C16H23NO4. The van der Waals surface area contributed by atoms with Crippen molar-refractivity contribution in [1.82, 2.24) is 5.32 Å². The molecule has 0 saturated heterocycles. The number of nitrogens with one attached hydrogen (secondary N) is 1. The Hall–Kier alpha value is -1.75. The molecule has 0 aliphatic heterocycles. The van der Waals surface area contributed by atoms with E-state index in [2.05, 4.69) is 5.32 Å². The molecule has 5 nitrogen and oxygen atoms in total. The molecule has 1 aromatic carbocycles. The Kier molecular flexibility index (Phi) is 5.87. The lowest BCUT2D eigenvalue weighted by molar-refractivity contribution is -0.123. The Bertz CT molecular complexity index is 438. The van der Waals surface area contributed by atoms with E-state index in [0.717, 1.165) is 31.4 Å². The van der Waals surface area contributed by atoms with Crippen molar-refractivity contribution in [3.05, 3.63) is 24.3 Å². The van der Waals surface area contributed by atoms with Gasteiger partial charge in [-0.2, -0.15) is 0 Å². The molecule has 0 spiro atoms. The van der Waals surface area contributed by atoms with Crippen molar-refractivity contribution in [2.24, 2.45) is 5.92 Å². The normalized spacial score (nSPS) is 21.6. The minimum atomic E-state index is -0.157. The van der Waals surface area contributed by atoms with Crippen molar-refractivity contribution in [3.63, 3.8) is 0 Å². The van der Waals surface area contributed by atoms with Gasteiger partial charge in [-0.25, -0.2) is 0 Å². The van der Waals surface area contributed by atoms with Gasteiger partial charge in [-0.3, -0.25) is 4.79 Å². The highest BCUT2D eigenvalue weighted by atomic mass is 16.5. The number of hydrogen-bond acceptors (Lipinski definition) is 4. The first-order chi connectivity index (χ1) is 10.2. The van der Waals surface area contributed by atoms with Gasteiger partial charge in [-0.1, -0.05) is 0 Å². The number of aliphatic hydroxyl groups is 1. The predicted octanol–water partition coefficient (Wildman–Crippen LogP) is 1.74. The number of aliphatic hydroxyl groups excluding tert-OH is 1. The van der Waals surface area contributed by atoms with E-state index < -0.39 is 0 Å². The molecule has 0 unspecified atom stereocenters. The van der Waals surface area contributed by atoms with Gasteiger partial charge in [-0.15, -0.1) is 0 Å². The number of ether oxygens (including phenoxy) is 2. The van der Waals surface area contributed by atoms with Crippen molar-refractivity contribution >= 4 is 5.91 Å². The van der Waals surface area contributed by atoms with Gasteiger partial charge in [0.05, 0.1) is 13.2 Å². The Labute approximate surface area is 125 Å². The maximum atomic E-state index is 11.7. The lowest BCUT2D eigenvalue weighted by Crippen LogP contribution is -2.34. The highest BCUT2D eigenvalue weighted by Crippen LogP contribution is 2.23. The maximum Gasteiger partial charge on any atom is 0.257 e. The number of benzene rings is 1. The van der Waals surface area contributed by atoms with Gasteiger partial charge in [0.1, 0.15) is 11.5 Å². The number of methoxy groups -OCH3 is 1. The third-order valence-corrected chi connectivity index (χ3v) is 3.83. The van der Waals surface area contributed by atoms with E-state index in [1.165, 1.54) is 0 Å². The molecule has 5 heteroatoms. The molecule has 1 fully saturated rings. The number of rotatable bonds is 6. The topological polar surface area (TPSA) is 67.8 Å². The quantitative estimate of drug-likeness (QED) is 0.838. The Morgan fingerprint density at radius 3 is 2.43 bits per heavy atom. The van der Waals surface area contributed by atoms with Gasteiger partial charge in [0, 0.05) is 6.54 Å². The maximum absolute atomic E-state index is 11.7.